The normalized spacial score (nSPS) is 16.6. The van der Waals surface area contributed by atoms with E-state index in [1.165, 1.54) is 32.1 Å². The van der Waals surface area contributed by atoms with Gasteiger partial charge in [-0.05, 0) is 12.8 Å². The largest absolute Gasteiger partial charge is 0.382 e. The molecule has 2 aromatic rings. The minimum absolute atomic E-state index is 0.457. The van der Waals surface area contributed by atoms with Crippen LogP contribution in [0, 0.1) is 0 Å². The zero-order valence-corrected chi connectivity index (χ0v) is 11.0. The third kappa shape index (κ3) is 2.18. The molecule has 0 aliphatic heterocycles. The summed E-state index contributed by atoms with van der Waals surface area (Å²) in [6.45, 7) is 0. The van der Waals surface area contributed by atoms with Crippen LogP contribution in [0.4, 0.5) is 5.82 Å². The van der Waals surface area contributed by atoms with Gasteiger partial charge in [0.15, 0.2) is 5.82 Å². The SMILES string of the molecule is Nc1c(-c2ccccc2)nc(C2CCCCC2)n1N. The van der Waals surface area contributed by atoms with Gasteiger partial charge >= 0.3 is 0 Å². The maximum Gasteiger partial charge on any atom is 0.150 e. The topological polar surface area (TPSA) is 69.9 Å². The molecule has 4 N–H and O–H groups in total. The van der Waals surface area contributed by atoms with E-state index in [4.69, 9.17) is 16.6 Å². The number of imidazole rings is 1. The number of rotatable bonds is 2. The summed E-state index contributed by atoms with van der Waals surface area (Å²) in [4.78, 5) is 4.72. The van der Waals surface area contributed by atoms with E-state index in [-0.39, 0.29) is 0 Å². The van der Waals surface area contributed by atoms with Crippen molar-refractivity contribution < 1.29 is 0 Å². The van der Waals surface area contributed by atoms with E-state index < -0.39 is 0 Å². The average Bonchev–Trinajstić information content (AvgIpc) is 2.77. The van der Waals surface area contributed by atoms with Crippen LogP contribution in [0.15, 0.2) is 30.3 Å². The van der Waals surface area contributed by atoms with Crippen molar-refractivity contribution in [1.82, 2.24) is 9.66 Å². The number of nitrogens with two attached hydrogens (primary N) is 2. The van der Waals surface area contributed by atoms with Gasteiger partial charge in [-0.1, -0.05) is 49.6 Å². The van der Waals surface area contributed by atoms with Crippen molar-refractivity contribution in [3.05, 3.63) is 36.2 Å². The predicted molar refractivity (Wildman–Crippen MR) is 78.1 cm³/mol. The first-order chi connectivity index (χ1) is 9.27. The summed E-state index contributed by atoms with van der Waals surface area (Å²) in [5.74, 6) is 8.06. The molecule has 3 rings (SSSR count). The van der Waals surface area contributed by atoms with Gasteiger partial charge in [-0.25, -0.2) is 9.66 Å². The molecule has 1 aromatic heterocycles. The summed E-state index contributed by atoms with van der Waals surface area (Å²) in [7, 11) is 0. The maximum absolute atomic E-state index is 6.12. The summed E-state index contributed by atoms with van der Waals surface area (Å²) < 4.78 is 1.58. The Morgan fingerprint density at radius 3 is 2.42 bits per heavy atom. The lowest BCUT2D eigenvalue weighted by Gasteiger charge is -2.20. The van der Waals surface area contributed by atoms with Crippen molar-refractivity contribution >= 4 is 5.82 Å². The Bertz CT molecular complexity index is 553. The van der Waals surface area contributed by atoms with Gasteiger partial charge < -0.3 is 11.6 Å². The number of hydrogen-bond acceptors (Lipinski definition) is 3. The van der Waals surface area contributed by atoms with Crippen LogP contribution >= 0.6 is 0 Å². The Hall–Kier alpha value is -1.97. The molecule has 0 atom stereocenters. The van der Waals surface area contributed by atoms with Crippen LogP contribution in [0.5, 0.6) is 0 Å². The number of anilines is 1. The van der Waals surface area contributed by atoms with E-state index in [0.29, 0.717) is 11.7 Å². The fourth-order valence-electron chi connectivity index (χ4n) is 2.92. The molecule has 0 amide bonds. The second-order valence-corrected chi connectivity index (χ2v) is 5.27. The van der Waals surface area contributed by atoms with Crippen LogP contribution in [0.3, 0.4) is 0 Å². The van der Waals surface area contributed by atoms with Gasteiger partial charge in [-0.3, -0.25) is 0 Å². The highest BCUT2D eigenvalue weighted by Gasteiger charge is 2.23. The van der Waals surface area contributed by atoms with Crippen molar-refractivity contribution in [2.24, 2.45) is 0 Å². The van der Waals surface area contributed by atoms with Crippen molar-refractivity contribution in [3.8, 4) is 11.3 Å². The highest BCUT2D eigenvalue weighted by molar-refractivity contribution is 5.71. The van der Waals surface area contributed by atoms with E-state index in [1.807, 2.05) is 30.3 Å². The fourth-order valence-corrected chi connectivity index (χ4v) is 2.92. The van der Waals surface area contributed by atoms with Crippen molar-refractivity contribution in [1.29, 1.82) is 0 Å². The molecule has 0 radical (unpaired) electrons. The Morgan fingerprint density at radius 1 is 1.05 bits per heavy atom. The van der Waals surface area contributed by atoms with Gasteiger partial charge in [-0.15, -0.1) is 0 Å². The highest BCUT2D eigenvalue weighted by Crippen LogP contribution is 2.35. The Kier molecular flexibility index (Phi) is 3.15. The quantitative estimate of drug-likeness (QED) is 0.812. The molecule has 1 heterocycles. The minimum Gasteiger partial charge on any atom is -0.382 e. The van der Waals surface area contributed by atoms with Gasteiger partial charge in [0.2, 0.25) is 0 Å². The van der Waals surface area contributed by atoms with Crippen LogP contribution in [-0.2, 0) is 0 Å². The van der Waals surface area contributed by atoms with Crippen LogP contribution in [0.25, 0.3) is 11.3 Å². The molecule has 1 aromatic carbocycles. The first-order valence-electron chi connectivity index (χ1n) is 6.96. The predicted octanol–water partition coefficient (Wildman–Crippen LogP) is 2.89. The highest BCUT2D eigenvalue weighted by atomic mass is 15.4. The second kappa shape index (κ2) is 4.96. The molecule has 19 heavy (non-hydrogen) atoms. The molecular weight excluding hydrogens is 236 g/mol. The third-order valence-corrected chi connectivity index (χ3v) is 3.99. The van der Waals surface area contributed by atoms with Gasteiger partial charge in [0, 0.05) is 11.5 Å². The number of nitrogens with zero attached hydrogens (tertiary/aromatic N) is 2. The standard InChI is InChI=1S/C15H20N4/c16-14-13(11-7-3-1-4-8-11)18-15(19(14)17)12-9-5-2-6-10-12/h1,3-4,7-8,12H,2,5-6,9-10,16-17H2. The first-order valence-corrected chi connectivity index (χ1v) is 6.96. The Balaban J connectivity index is 1.99. The van der Waals surface area contributed by atoms with Crippen molar-refractivity contribution in [2.75, 3.05) is 11.6 Å². The number of benzene rings is 1. The lowest BCUT2D eigenvalue weighted by Crippen LogP contribution is -2.19. The van der Waals surface area contributed by atoms with E-state index in [9.17, 15) is 0 Å². The zero-order chi connectivity index (χ0) is 13.2. The molecule has 0 saturated heterocycles. The first kappa shape index (κ1) is 12.1. The van der Waals surface area contributed by atoms with Crippen molar-refractivity contribution in [3.63, 3.8) is 0 Å². The molecule has 0 spiro atoms. The number of hydrogen-bond donors (Lipinski definition) is 2. The molecule has 1 aliphatic rings. The Morgan fingerprint density at radius 2 is 1.74 bits per heavy atom. The molecule has 4 nitrogen and oxygen atoms in total. The van der Waals surface area contributed by atoms with Gasteiger partial charge in [-0.2, -0.15) is 0 Å². The third-order valence-electron chi connectivity index (χ3n) is 3.99. The summed E-state index contributed by atoms with van der Waals surface area (Å²) >= 11 is 0. The second-order valence-electron chi connectivity index (χ2n) is 5.27. The zero-order valence-electron chi connectivity index (χ0n) is 11.0. The number of aromatic nitrogens is 2. The lowest BCUT2D eigenvalue weighted by atomic mass is 9.89. The van der Waals surface area contributed by atoms with Gasteiger partial charge in [0.25, 0.3) is 0 Å². The monoisotopic (exact) mass is 256 g/mol. The van der Waals surface area contributed by atoms with Gasteiger partial charge in [0.05, 0.1) is 0 Å². The molecule has 1 aliphatic carbocycles. The van der Waals surface area contributed by atoms with E-state index in [0.717, 1.165) is 17.1 Å². The molecule has 1 saturated carbocycles. The van der Waals surface area contributed by atoms with Crippen LogP contribution in [-0.4, -0.2) is 9.66 Å². The summed E-state index contributed by atoms with van der Waals surface area (Å²) in [5.41, 5.74) is 7.96. The maximum atomic E-state index is 6.12. The molecule has 0 unspecified atom stereocenters. The minimum atomic E-state index is 0.457. The molecular formula is C15H20N4. The average molecular weight is 256 g/mol. The van der Waals surface area contributed by atoms with Crippen molar-refractivity contribution in [2.45, 2.75) is 38.0 Å². The summed E-state index contributed by atoms with van der Waals surface area (Å²) in [5, 5.41) is 0. The fraction of sp³-hybridized carbons (Fsp3) is 0.400. The lowest BCUT2D eigenvalue weighted by molar-refractivity contribution is 0.424. The number of nitrogen functional groups attached to an aromatic ring is 2. The smallest absolute Gasteiger partial charge is 0.150 e. The van der Waals surface area contributed by atoms with E-state index in [2.05, 4.69) is 0 Å². The van der Waals surface area contributed by atoms with E-state index in [1.54, 1.807) is 4.68 Å². The van der Waals surface area contributed by atoms with Crippen LogP contribution in [0.2, 0.25) is 0 Å². The molecule has 1 fully saturated rings. The Labute approximate surface area is 113 Å². The van der Waals surface area contributed by atoms with Crippen LogP contribution in [0.1, 0.15) is 43.8 Å². The molecule has 0 bridgehead atoms. The summed E-state index contributed by atoms with van der Waals surface area (Å²) in [6.07, 6.45) is 6.18. The summed E-state index contributed by atoms with van der Waals surface area (Å²) in [6, 6.07) is 10.0. The van der Waals surface area contributed by atoms with E-state index >= 15 is 0 Å². The van der Waals surface area contributed by atoms with Crippen LogP contribution < -0.4 is 11.6 Å². The van der Waals surface area contributed by atoms with Gasteiger partial charge in [0.1, 0.15) is 11.5 Å². The molecule has 4 heteroatoms. The molecule has 100 valence electrons.